The first-order valence-corrected chi connectivity index (χ1v) is 31.8. The summed E-state index contributed by atoms with van der Waals surface area (Å²) in [7, 11) is 12.1. The lowest BCUT2D eigenvalue weighted by Gasteiger charge is -2.43. The molecule has 0 fully saturated rings. The molecule has 6 rings (SSSR count). The van der Waals surface area contributed by atoms with Gasteiger partial charge in [-0.05, 0) is 185 Å². The Kier molecular flexibility index (Phi) is 27.4. The number of nitrogens with zero attached hydrogens (tertiary/aromatic N) is 2. The average molecular weight is 1060 g/mol. The number of unbranched alkanes of at least 4 members (excludes halogenated alkanes) is 12. The minimum atomic E-state index is 0.0204. The fourth-order valence-corrected chi connectivity index (χ4v) is 15.4. The summed E-state index contributed by atoms with van der Waals surface area (Å²) in [5.41, 5.74) is 5.73. The Hall–Kier alpha value is -2.60. The number of hydrogen-bond donors (Lipinski definition) is 2. The quantitative estimate of drug-likeness (QED) is 0.0462. The molecule has 0 saturated heterocycles. The maximum absolute atomic E-state index is 10.0. The van der Waals surface area contributed by atoms with Crippen molar-refractivity contribution in [3.05, 3.63) is 107 Å². The third-order valence-corrected chi connectivity index (χ3v) is 20.3. The van der Waals surface area contributed by atoms with Gasteiger partial charge in [0, 0.05) is 32.1 Å². The number of thioether (sulfide) groups is 4. The van der Waals surface area contributed by atoms with Crippen molar-refractivity contribution in [3.8, 4) is 23.0 Å². The Labute approximate surface area is 455 Å². The van der Waals surface area contributed by atoms with Crippen LogP contribution in [0.25, 0.3) is 0 Å². The standard InChI is InChI=1S/C32H49NO2S2.C30H45NO2S2/c1-32(26-15-17-27(34-4)18-16-26)25-37-31-24-28(35-5)19-20-29(31)30(32)14-11-9-7-6-8-10-12-22-36-23-13-21-33(2)3;1-30(24-13-15-25(32)16-14-24)23-35-29-22-26(33)17-18-27(29)28(30)12-9-7-5-4-6-8-10-20-34-21-11-19-31(2)3/h15-20,24,30H,6-14,21-23,25H2,1-5H3;13-18,22,28,32-33H,4-12,19-21,23H2,1-3H3. The number of hydrogen-bond acceptors (Lipinski definition) is 10. The number of benzene rings is 4. The first-order valence-electron chi connectivity index (χ1n) is 27.5. The largest absolute Gasteiger partial charge is 0.508 e. The van der Waals surface area contributed by atoms with E-state index in [1.165, 1.54) is 184 Å². The third kappa shape index (κ3) is 19.5. The highest BCUT2D eigenvalue weighted by Gasteiger charge is 2.42. The molecular formula is C62H94N2O4S4. The van der Waals surface area contributed by atoms with Crippen LogP contribution in [0.3, 0.4) is 0 Å². The summed E-state index contributed by atoms with van der Waals surface area (Å²) in [5, 5.41) is 19.8. The Bertz CT molecular complexity index is 2100. The molecule has 4 aromatic rings. The average Bonchev–Trinajstić information content (AvgIpc) is 3.38. The Morgan fingerprint density at radius 2 is 0.847 bits per heavy atom. The second-order valence-electron chi connectivity index (χ2n) is 21.5. The van der Waals surface area contributed by atoms with E-state index >= 15 is 0 Å². The van der Waals surface area contributed by atoms with E-state index in [1.54, 1.807) is 14.2 Å². The van der Waals surface area contributed by atoms with Crippen molar-refractivity contribution >= 4 is 47.0 Å². The summed E-state index contributed by atoms with van der Waals surface area (Å²) in [6, 6.07) is 29.2. The first kappa shape index (κ1) is 60.3. The number of fused-ring (bicyclic) bond motifs is 2. The van der Waals surface area contributed by atoms with Gasteiger partial charge in [-0.3, -0.25) is 0 Å². The van der Waals surface area contributed by atoms with Crippen LogP contribution >= 0.6 is 47.0 Å². The molecule has 0 aromatic heterocycles. The Balaban J connectivity index is 0.000000268. The number of ether oxygens (including phenoxy) is 2. The summed E-state index contributed by atoms with van der Waals surface area (Å²) >= 11 is 8.08. The molecule has 0 amide bonds. The van der Waals surface area contributed by atoms with Gasteiger partial charge in [-0.25, -0.2) is 0 Å². The molecule has 72 heavy (non-hydrogen) atoms. The molecule has 4 unspecified atom stereocenters. The highest BCUT2D eigenvalue weighted by atomic mass is 32.2. The van der Waals surface area contributed by atoms with Crippen LogP contribution in [-0.2, 0) is 10.8 Å². The molecule has 2 heterocycles. The molecule has 0 bridgehead atoms. The minimum Gasteiger partial charge on any atom is -0.508 e. The van der Waals surface area contributed by atoms with Crippen LogP contribution < -0.4 is 9.47 Å². The molecule has 0 radical (unpaired) electrons. The normalized spacial score (nSPS) is 19.4. The summed E-state index contributed by atoms with van der Waals surface area (Å²) in [4.78, 5) is 7.18. The van der Waals surface area contributed by atoms with Gasteiger partial charge in [-0.1, -0.05) is 127 Å². The van der Waals surface area contributed by atoms with Crippen LogP contribution in [-0.4, -0.2) is 110 Å². The van der Waals surface area contributed by atoms with Crippen molar-refractivity contribution in [3.63, 3.8) is 0 Å². The van der Waals surface area contributed by atoms with Crippen molar-refractivity contribution in [1.82, 2.24) is 9.80 Å². The molecule has 4 atom stereocenters. The zero-order valence-corrected chi connectivity index (χ0v) is 49.1. The van der Waals surface area contributed by atoms with Gasteiger partial charge < -0.3 is 29.5 Å². The molecule has 0 aliphatic carbocycles. The molecule has 400 valence electrons. The number of phenols is 2. The maximum Gasteiger partial charge on any atom is 0.119 e. The number of methoxy groups -OCH3 is 2. The SMILES string of the molecule is CN(C)CCCSCCCCCCCCCC1c2ccc(O)cc2SCC1(C)c1ccc(O)cc1.COc1ccc(C2(C)CSc3cc(OC)ccc3C2CCCCCCCCCSCCCN(C)C)cc1. The van der Waals surface area contributed by atoms with Crippen LogP contribution in [0.2, 0.25) is 0 Å². The number of rotatable bonds is 32. The number of phenolic OH excluding ortho intramolecular Hbond substituents is 2. The molecule has 2 aliphatic heterocycles. The monoisotopic (exact) mass is 1060 g/mol. The van der Waals surface area contributed by atoms with Crippen molar-refractivity contribution in [2.45, 2.75) is 162 Å². The lowest BCUT2D eigenvalue weighted by molar-refractivity contribution is 0.369. The Morgan fingerprint density at radius 3 is 1.31 bits per heavy atom. The maximum atomic E-state index is 10.0. The van der Waals surface area contributed by atoms with Crippen LogP contribution in [0.1, 0.15) is 164 Å². The number of aromatic hydroxyl groups is 2. The van der Waals surface area contributed by atoms with Gasteiger partial charge in [-0.2, -0.15) is 23.5 Å². The first-order chi connectivity index (χ1) is 34.9. The second-order valence-corrected chi connectivity index (χ2v) is 26.0. The highest BCUT2D eigenvalue weighted by molar-refractivity contribution is 8.00. The molecule has 10 heteroatoms. The fourth-order valence-electron chi connectivity index (χ4n) is 10.7. The Morgan fingerprint density at radius 1 is 0.472 bits per heavy atom. The van der Waals surface area contributed by atoms with E-state index in [9.17, 15) is 10.2 Å². The second kappa shape index (κ2) is 32.8. The molecule has 4 aromatic carbocycles. The van der Waals surface area contributed by atoms with Gasteiger partial charge in [-0.15, -0.1) is 23.5 Å². The molecule has 2 aliphatic rings. The van der Waals surface area contributed by atoms with E-state index < -0.39 is 0 Å². The smallest absolute Gasteiger partial charge is 0.119 e. The molecule has 6 nitrogen and oxygen atoms in total. The van der Waals surface area contributed by atoms with Gasteiger partial charge in [0.05, 0.1) is 14.2 Å². The van der Waals surface area contributed by atoms with Gasteiger partial charge in [0.25, 0.3) is 0 Å². The zero-order chi connectivity index (χ0) is 51.6. The summed E-state index contributed by atoms with van der Waals surface area (Å²) in [6.45, 7) is 7.27. The predicted octanol–water partition coefficient (Wildman–Crippen LogP) is 16.7. The van der Waals surface area contributed by atoms with Crippen molar-refractivity contribution in [2.75, 3.05) is 90.0 Å². The lowest BCUT2D eigenvalue weighted by Crippen LogP contribution is -2.36. The van der Waals surface area contributed by atoms with E-state index in [0.717, 1.165) is 23.0 Å². The topological polar surface area (TPSA) is 65.4 Å². The van der Waals surface area contributed by atoms with Gasteiger partial charge in [0.2, 0.25) is 0 Å². The summed E-state index contributed by atoms with van der Waals surface area (Å²) in [6.07, 6.45) is 23.9. The van der Waals surface area contributed by atoms with E-state index in [4.69, 9.17) is 9.47 Å². The van der Waals surface area contributed by atoms with E-state index in [2.05, 4.69) is 136 Å². The van der Waals surface area contributed by atoms with Crippen molar-refractivity contribution in [2.24, 2.45) is 0 Å². The zero-order valence-electron chi connectivity index (χ0n) is 45.9. The van der Waals surface area contributed by atoms with E-state index in [1.807, 2.05) is 47.8 Å². The van der Waals surface area contributed by atoms with Gasteiger partial charge >= 0.3 is 0 Å². The minimum absolute atomic E-state index is 0.0204. The van der Waals surface area contributed by atoms with E-state index in [0.29, 0.717) is 23.3 Å². The van der Waals surface area contributed by atoms with Gasteiger partial charge in [0.1, 0.15) is 23.0 Å². The summed E-state index contributed by atoms with van der Waals surface area (Å²) < 4.78 is 11.0. The predicted molar refractivity (Wildman–Crippen MR) is 319 cm³/mol. The molecular weight excluding hydrogens is 965 g/mol. The summed E-state index contributed by atoms with van der Waals surface area (Å²) in [5.74, 6) is 10.9. The molecule has 0 saturated carbocycles. The molecule has 0 spiro atoms. The van der Waals surface area contributed by atoms with Crippen LogP contribution in [0.5, 0.6) is 23.0 Å². The van der Waals surface area contributed by atoms with Crippen molar-refractivity contribution in [1.29, 1.82) is 0 Å². The highest BCUT2D eigenvalue weighted by Crippen LogP contribution is 2.54. The van der Waals surface area contributed by atoms with Crippen LogP contribution in [0, 0.1) is 0 Å². The van der Waals surface area contributed by atoms with E-state index in [-0.39, 0.29) is 10.8 Å². The van der Waals surface area contributed by atoms with Crippen molar-refractivity contribution < 1.29 is 19.7 Å². The molecule has 2 N–H and O–H groups in total. The lowest BCUT2D eigenvalue weighted by atomic mass is 9.68. The van der Waals surface area contributed by atoms with Gasteiger partial charge in [0.15, 0.2) is 0 Å². The van der Waals surface area contributed by atoms with Crippen LogP contribution in [0.15, 0.2) is 94.7 Å². The fraction of sp³-hybridized carbons (Fsp3) is 0.613. The van der Waals surface area contributed by atoms with Crippen LogP contribution in [0.4, 0.5) is 0 Å². The third-order valence-electron chi connectivity index (χ3n) is 15.2.